The smallest absolute Gasteiger partial charge is 0.421 e. The van der Waals surface area contributed by atoms with Crippen LogP contribution in [0.3, 0.4) is 0 Å². The molecule has 1 heterocycles. The molecule has 0 saturated carbocycles. The summed E-state index contributed by atoms with van der Waals surface area (Å²) in [5, 5.41) is 0. The first kappa shape index (κ1) is 21.8. The Labute approximate surface area is 163 Å². The van der Waals surface area contributed by atoms with E-state index in [-0.39, 0.29) is 11.8 Å². The lowest BCUT2D eigenvalue weighted by atomic mass is 10.2. The van der Waals surface area contributed by atoms with Gasteiger partial charge in [0.15, 0.2) is 5.82 Å². The monoisotopic (exact) mass is 397 g/mol. The Hall–Kier alpha value is -2.51. The van der Waals surface area contributed by atoms with E-state index in [1.807, 2.05) is 6.92 Å². The molecule has 28 heavy (non-hydrogen) atoms. The first-order chi connectivity index (χ1) is 13.0. The average molecular weight is 397 g/mol. The van der Waals surface area contributed by atoms with Gasteiger partial charge >= 0.3 is 12.2 Å². The van der Waals surface area contributed by atoms with E-state index in [1.165, 1.54) is 11.9 Å². The summed E-state index contributed by atoms with van der Waals surface area (Å²) < 4.78 is 52.0. The highest BCUT2D eigenvalue weighted by Gasteiger charge is 2.37. The van der Waals surface area contributed by atoms with Crippen molar-refractivity contribution in [2.24, 2.45) is 0 Å². The number of para-hydroxylation sites is 2. The second-order valence-electron chi connectivity index (χ2n) is 7.33. The lowest BCUT2D eigenvalue weighted by Crippen LogP contribution is -2.26. The Morgan fingerprint density at radius 3 is 2.39 bits per heavy atom. The zero-order valence-electron chi connectivity index (χ0n) is 16.8. The number of hydrogen-bond donors (Lipinski definition) is 0. The third kappa shape index (κ3) is 5.74. The molecule has 0 aliphatic carbocycles. The molecule has 2 aromatic rings. The highest BCUT2D eigenvalue weighted by Crippen LogP contribution is 2.40. The largest absolute Gasteiger partial charge is 0.491 e. The Morgan fingerprint density at radius 1 is 1.11 bits per heavy atom. The first-order valence-electron chi connectivity index (χ1n) is 9.11. The molecule has 0 aliphatic rings. The number of rotatable bonds is 7. The number of aromatic nitrogens is 2. The summed E-state index contributed by atoms with van der Waals surface area (Å²) in [6.07, 6.45) is -2.05. The van der Waals surface area contributed by atoms with Crippen molar-refractivity contribution in [2.75, 3.05) is 18.6 Å². The molecule has 2 rings (SSSR count). The molecule has 0 N–H and O–H groups in total. The van der Waals surface area contributed by atoms with Crippen molar-refractivity contribution >= 4 is 11.5 Å². The number of ether oxygens (including phenoxy) is 2. The molecular formula is C20H26F3N3O2. The number of benzene rings is 1. The van der Waals surface area contributed by atoms with E-state index < -0.39 is 17.3 Å². The van der Waals surface area contributed by atoms with Crippen molar-refractivity contribution in [1.82, 2.24) is 9.97 Å². The second-order valence-corrected chi connectivity index (χ2v) is 7.33. The molecule has 0 atom stereocenters. The number of halogens is 3. The number of anilines is 2. The Morgan fingerprint density at radius 2 is 1.79 bits per heavy atom. The van der Waals surface area contributed by atoms with E-state index >= 15 is 0 Å². The van der Waals surface area contributed by atoms with Crippen LogP contribution in [0.2, 0.25) is 0 Å². The summed E-state index contributed by atoms with van der Waals surface area (Å²) in [5.74, 6) is 0.191. The minimum absolute atomic E-state index is 0.119. The topological polar surface area (TPSA) is 47.5 Å². The van der Waals surface area contributed by atoms with Gasteiger partial charge in [0.2, 0.25) is 0 Å². The number of hydrogen-bond acceptors (Lipinski definition) is 5. The summed E-state index contributed by atoms with van der Waals surface area (Å²) in [5.41, 5.74) is -1.11. The van der Waals surface area contributed by atoms with E-state index in [0.29, 0.717) is 18.0 Å². The van der Waals surface area contributed by atoms with Gasteiger partial charge in [-0.1, -0.05) is 25.5 Å². The zero-order valence-corrected chi connectivity index (χ0v) is 16.8. The molecule has 0 saturated heterocycles. The lowest BCUT2D eigenvalue weighted by molar-refractivity contribution is -0.137. The second kappa shape index (κ2) is 8.67. The van der Waals surface area contributed by atoms with Crippen LogP contribution >= 0.6 is 0 Å². The summed E-state index contributed by atoms with van der Waals surface area (Å²) >= 11 is 0. The van der Waals surface area contributed by atoms with E-state index in [1.54, 1.807) is 45.0 Å². The quantitative estimate of drug-likeness (QED) is 0.568. The third-order valence-electron chi connectivity index (χ3n) is 3.75. The van der Waals surface area contributed by atoms with Crippen LogP contribution in [0.15, 0.2) is 30.5 Å². The molecular weight excluding hydrogens is 371 g/mol. The molecule has 1 aromatic heterocycles. The lowest BCUT2D eigenvalue weighted by Gasteiger charge is -2.26. The summed E-state index contributed by atoms with van der Waals surface area (Å²) in [6, 6.07) is 6.81. The van der Waals surface area contributed by atoms with Gasteiger partial charge < -0.3 is 14.4 Å². The van der Waals surface area contributed by atoms with Crippen LogP contribution < -0.4 is 14.4 Å². The van der Waals surface area contributed by atoms with Crippen molar-refractivity contribution in [1.29, 1.82) is 0 Å². The fourth-order valence-electron chi connectivity index (χ4n) is 2.43. The number of unbranched alkanes of at least 4 members (excludes halogenated alkanes) is 1. The average Bonchev–Trinajstić information content (AvgIpc) is 2.59. The predicted molar refractivity (Wildman–Crippen MR) is 102 cm³/mol. The van der Waals surface area contributed by atoms with Gasteiger partial charge in [-0.2, -0.15) is 18.2 Å². The van der Waals surface area contributed by atoms with Crippen molar-refractivity contribution in [3.63, 3.8) is 0 Å². The Balaban J connectivity index is 2.48. The Bertz CT molecular complexity index is 789. The maximum atomic E-state index is 13.6. The van der Waals surface area contributed by atoms with Gasteiger partial charge in [0.25, 0.3) is 0 Å². The number of alkyl halides is 3. The molecule has 0 unspecified atom stereocenters. The van der Waals surface area contributed by atoms with Crippen molar-refractivity contribution < 1.29 is 22.6 Å². The Kier molecular flexibility index (Phi) is 6.74. The van der Waals surface area contributed by atoms with Crippen LogP contribution in [0.4, 0.5) is 24.7 Å². The maximum Gasteiger partial charge on any atom is 0.421 e. The standard InChI is InChI=1S/C20H26F3N3O2/c1-6-7-12-27-16-11-9-8-10-15(16)26(5)17-14(20(21,22)23)13-24-18(25-17)28-19(2,3)4/h8-11,13H,6-7,12H2,1-5H3. The van der Waals surface area contributed by atoms with Crippen LogP contribution in [-0.4, -0.2) is 29.2 Å². The highest BCUT2D eigenvalue weighted by molar-refractivity contribution is 5.68. The predicted octanol–water partition coefficient (Wildman–Crippen LogP) is 5.62. The molecule has 8 heteroatoms. The molecule has 0 fully saturated rings. The zero-order chi connectivity index (χ0) is 20.9. The molecule has 1 aromatic carbocycles. The molecule has 0 spiro atoms. The fraction of sp³-hybridized carbons (Fsp3) is 0.500. The molecule has 0 amide bonds. The van der Waals surface area contributed by atoms with Crippen LogP contribution in [0.5, 0.6) is 11.8 Å². The minimum atomic E-state index is -4.61. The van der Waals surface area contributed by atoms with Crippen LogP contribution in [0.25, 0.3) is 0 Å². The molecule has 0 bridgehead atoms. The van der Waals surface area contributed by atoms with Crippen molar-refractivity contribution in [3.05, 3.63) is 36.0 Å². The molecule has 0 aliphatic heterocycles. The van der Waals surface area contributed by atoms with Gasteiger partial charge in [0.1, 0.15) is 16.9 Å². The normalized spacial score (nSPS) is 12.0. The fourth-order valence-corrected chi connectivity index (χ4v) is 2.43. The van der Waals surface area contributed by atoms with Crippen LogP contribution in [-0.2, 0) is 6.18 Å². The van der Waals surface area contributed by atoms with Gasteiger partial charge in [-0.15, -0.1) is 0 Å². The molecule has 0 radical (unpaired) electrons. The van der Waals surface area contributed by atoms with E-state index in [0.717, 1.165) is 19.0 Å². The van der Waals surface area contributed by atoms with Crippen LogP contribution in [0, 0.1) is 0 Å². The molecule has 154 valence electrons. The third-order valence-corrected chi connectivity index (χ3v) is 3.75. The molecule has 5 nitrogen and oxygen atoms in total. The van der Waals surface area contributed by atoms with Gasteiger partial charge in [-0.3, -0.25) is 0 Å². The van der Waals surface area contributed by atoms with Gasteiger partial charge in [0, 0.05) is 13.2 Å². The highest BCUT2D eigenvalue weighted by atomic mass is 19.4. The minimum Gasteiger partial charge on any atom is -0.491 e. The van der Waals surface area contributed by atoms with E-state index in [2.05, 4.69) is 9.97 Å². The van der Waals surface area contributed by atoms with Crippen molar-refractivity contribution in [2.45, 2.75) is 52.3 Å². The number of nitrogens with zero attached hydrogens (tertiary/aromatic N) is 3. The maximum absolute atomic E-state index is 13.6. The summed E-state index contributed by atoms with van der Waals surface area (Å²) in [4.78, 5) is 9.14. The van der Waals surface area contributed by atoms with E-state index in [4.69, 9.17) is 9.47 Å². The first-order valence-corrected chi connectivity index (χ1v) is 9.11. The van der Waals surface area contributed by atoms with Gasteiger partial charge in [-0.25, -0.2) is 4.98 Å². The van der Waals surface area contributed by atoms with Gasteiger partial charge in [0.05, 0.1) is 12.3 Å². The summed E-state index contributed by atoms with van der Waals surface area (Å²) in [7, 11) is 1.51. The van der Waals surface area contributed by atoms with Crippen molar-refractivity contribution in [3.8, 4) is 11.8 Å². The SMILES string of the molecule is CCCCOc1ccccc1N(C)c1nc(OC(C)(C)C)ncc1C(F)(F)F. The van der Waals surface area contributed by atoms with E-state index in [9.17, 15) is 13.2 Å². The van der Waals surface area contributed by atoms with Gasteiger partial charge in [-0.05, 0) is 39.3 Å². The summed E-state index contributed by atoms with van der Waals surface area (Å²) in [6.45, 7) is 7.83. The van der Waals surface area contributed by atoms with Crippen LogP contribution in [0.1, 0.15) is 46.1 Å².